The molecule has 37 heavy (non-hydrogen) atoms. The van der Waals surface area contributed by atoms with Crippen molar-refractivity contribution < 1.29 is 18.8 Å². The summed E-state index contributed by atoms with van der Waals surface area (Å²) in [6, 6.07) is 0. The van der Waals surface area contributed by atoms with E-state index in [9.17, 15) is 9.59 Å². The van der Waals surface area contributed by atoms with Crippen LogP contribution in [0.2, 0.25) is 0 Å². The minimum Gasteiger partial charge on any atom is -0.469 e. The molecule has 1 aromatic heterocycles. The van der Waals surface area contributed by atoms with E-state index in [0.29, 0.717) is 5.92 Å². The third-order valence-electron chi connectivity index (χ3n) is 12.9. The lowest BCUT2D eigenvalue weighted by Gasteiger charge is -2.69. The average Bonchev–Trinajstić information content (AvgIpc) is 3.28. The van der Waals surface area contributed by atoms with Gasteiger partial charge < -0.3 is 9.26 Å². The van der Waals surface area contributed by atoms with Gasteiger partial charge in [-0.2, -0.15) is 0 Å². The molecule has 0 amide bonds. The number of rotatable bonds is 1. The minimum absolute atomic E-state index is 0.0302. The maximum absolute atomic E-state index is 14.5. The first-order valence-corrected chi connectivity index (χ1v) is 14.5. The van der Waals surface area contributed by atoms with Crippen molar-refractivity contribution in [3.05, 3.63) is 29.2 Å². The molecule has 3 saturated carbocycles. The van der Waals surface area contributed by atoms with Gasteiger partial charge in [-0.05, 0) is 90.9 Å². The molecule has 0 aliphatic heterocycles. The number of aromatic nitrogens is 1. The van der Waals surface area contributed by atoms with Crippen LogP contribution in [0.15, 0.2) is 22.4 Å². The van der Waals surface area contributed by atoms with Crippen molar-refractivity contribution in [3.63, 3.8) is 0 Å². The predicted molar refractivity (Wildman–Crippen MR) is 142 cm³/mol. The monoisotopic (exact) mass is 507 g/mol. The van der Waals surface area contributed by atoms with Crippen LogP contribution in [0.1, 0.15) is 105 Å². The number of esters is 1. The van der Waals surface area contributed by atoms with Gasteiger partial charge in [0.2, 0.25) is 0 Å². The van der Waals surface area contributed by atoms with Gasteiger partial charge in [-0.15, -0.1) is 0 Å². The Balaban J connectivity index is 1.51. The first kappa shape index (κ1) is 25.4. The molecule has 3 fully saturated rings. The number of hydrogen-bond donors (Lipinski definition) is 0. The Kier molecular flexibility index (Phi) is 5.06. The molecule has 5 aliphatic carbocycles. The maximum Gasteiger partial charge on any atom is 0.312 e. The number of carbonyl (C=O) groups is 2. The van der Waals surface area contributed by atoms with Crippen molar-refractivity contribution in [2.24, 2.45) is 44.8 Å². The summed E-state index contributed by atoms with van der Waals surface area (Å²) in [5.41, 5.74) is 1.59. The standard InChI is InChI=1S/C32H45NO4/c1-27(2)11-13-32(26(35)36-8)14-12-31(7)24(20(32)17-27)21(34)15-23-29(5)16-19-18-33-37-25(19)28(3,4)22(29)9-10-30(23,31)6/h15,18,20,22,24H,9-14,16-17H2,1-8H3/t20-,22?,24-,29-,30+,31+,32-/m0/s1. The summed E-state index contributed by atoms with van der Waals surface area (Å²) in [7, 11) is 1.52. The van der Waals surface area contributed by atoms with E-state index in [-0.39, 0.29) is 50.7 Å². The number of allylic oxidation sites excluding steroid dienone is 2. The molecule has 5 heteroatoms. The van der Waals surface area contributed by atoms with Gasteiger partial charge in [0.25, 0.3) is 0 Å². The van der Waals surface area contributed by atoms with E-state index in [1.807, 2.05) is 6.20 Å². The number of methoxy groups -OCH3 is 1. The molecule has 0 saturated heterocycles. The molecule has 6 rings (SSSR count). The van der Waals surface area contributed by atoms with E-state index in [1.165, 1.54) is 18.2 Å². The SMILES string of the molecule is COC(=O)[C@]12CCC(C)(C)C[C@H]1[C@H]1C(=O)C=C3[C@@]4(C)Cc5cnoc5C(C)(C)C4CC[C@@]3(C)[C@]1(C)CC2. The lowest BCUT2D eigenvalue weighted by molar-refractivity contribution is -0.191. The van der Waals surface area contributed by atoms with E-state index < -0.39 is 5.41 Å². The maximum atomic E-state index is 14.5. The Labute approximate surface area is 222 Å². The summed E-state index contributed by atoms with van der Waals surface area (Å²) in [6.45, 7) is 16.5. The highest BCUT2D eigenvalue weighted by atomic mass is 16.5. The first-order chi connectivity index (χ1) is 17.2. The van der Waals surface area contributed by atoms with Gasteiger partial charge in [0.05, 0.1) is 18.7 Å². The molecule has 5 aliphatic rings. The third-order valence-corrected chi connectivity index (χ3v) is 12.9. The fraction of sp³-hybridized carbons (Fsp3) is 0.781. The second kappa shape index (κ2) is 7.39. The second-order valence-corrected chi connectivity index (χ2v) is 15.4. The Morgan fingerprint density at radius 3 is 2.43 bits per heavy atom. The van der Waals surface area contributed by atoms with Crippen LogP contribution < -0.4 is 0 Å². The Bertz CT molecular complexity index is 1210. The zero-order chi connectivity index (χ0) is 26.8. The summed E-state index contributed by atoms with van der Waals surface area (Å²) < 4.78 is 11.2. The van der Waals surface area contributed by atoms with E-state index in [0.717, 1.165) is 57.1 Å². The van der Waals surface area contributed by atoms with Crippen molar-refractivity contribution in [1.82, 2.24) is 5.16 Å². The van der Waals surface area contributed by atoms with Crippen molar-refractivity contribution in [3.8, 4) is 0 Å². The average molecular weight is 508 g/mol. The zero-order valence-corrected chi connectivity index (χ0v) is 24.1. The van der Waals surface area contributed by atoms with E-state index in [2.05, 4.69) is 59.7 Å². The number of ether oxygens (including phenoxy) is 1. The second-order valence-electron chi connectivity index (χ2n) is 15.4. The molecule has 1 aromatic rings. The number of fused-ring (bicyclic) bond motifs is 8. The van der Waals surface area contributed by atoms with Crippen LogP contribution in [0.5, 0.6) is 0 Å². The molecular formula is C32H45NO4. The van der Waals surface area contributed by atoms with Gasteiger partial charge in [0.15, 0.2) is 5.78 Å². The summed E-state index contributed by atoms with van der Waals surface area (Å²) >= 11 is 0. The molecule has 7 atom stereocenters. The van der Waals surface area contributed by atoms with Gasteiger partial charge in [-0.1, -0.05) is 59.2 Å². The van der Waals surface area contributed by atoms with Crippen molar-refractivity contribution in [1.29, 1.82) is 0 Å². The van der Waals surface area contributed by atoms with Gasteiger partial charge in [-0.3, -0.25) is 9.59 Å². The Morgan fingerprint density at radius 2 is 1.73 bits per heavy atom. The molecule has 0 bridgehead atoms. The van der Waals surface area contributed by atoms with Crippen LogP contribution in [0.3, 0.4) is 0 Å². The van der Waals surface area contributed by atoms with Gasteiger partial charge >= 0.3 is 5.97 Å². The number of nitrogens with zero attached hydrogens (tertiary/aromatic N) is 1. The normalized spacial score (nSPS) is 45.4. The zero-order valence-electron chi connectivity index (χ0n) is 24.1. The summed E-state index contributed by atoms with van der Waals surface area (Å²) in [6.07, 6.45) is 11.5. The molecule has 5 nitrogen and oxygen atoms in total. The van der Waals surface area contributed by atoms with E-state index in [1.54, 1.807) is 0 Å². The first-order valence-electron chi connectivity index (χ1n) is 14.5. The topological polar surface area (TPSA) is 69.4 Å². The van der Waals surface area contributed by atoms with Crippen molar-refractivity contribution in [2.75, 3.05) is 7.11 Å². The highest BCUT2D eigenvalue weighted by Crippen LogP contribution is 2.74. The summed E-state index contributed by atoms with van der Waals surface area (Å²) in [5, 5.41) is 4.19. The minimum atomic E-state index is -0.531. The molecule has 202 valence electrons. The third kappa shape index (κ3) is 2.95. The molecule has 1 heterocycles. The largest absolute Gasteiger partial charge is 0.469 e. The molecule has 1 unspecified atom stereocenters. The van der Waals surface area contributed by atoms with Crippen LogP contribution >= 0.6 is 0 Å². The summed E-state index contributed by atoms with van der Waals surface area (Å²) in [4.78, 5) is 27.9. The van der Waals surface area contributed by atoms with Crippen LogP contribution in [0.25, 0.3) is 0 Å². The fourth-order valence-corrected chi connectivity index (χ4v) is 10.9. The Morgan fingerprint density at radius 1 is 1.03 bits per heavy atom. The quantitative estimate of drug-likeness (QED) is 0.389. The fourth-order valence-electron chi connectivity index (χ4n) is 10.9. The highest BCUT2D eigenvalue weighted by Gasteiger charge is 2.71. The molecular weight excluding hydrogens is 462 g/mol. The lowest BCUT2D eigenvalue weighted by Crippen LogP contribution is -2.66. The van der Waals surface area contributed by atoms with E-state index >= 15 is 0 Å². The molecule has 0 spiro atoms. The smallest absolute Gasteiger partial charge is 0.312 e. The molecule has 0 radical (unpaired) electrons. The van der Waals surface area contributed by atoms with E-state index in [4.69, 9.17) is 9.26 Å². The number of carbonyl (C=O) groups excluding carboxylic acids is 2. The predicted octanol–water partition coefficient (Wildman–Crippen LogP) is 6.84. The lowest BCUT2D eigenvalue weighted by atomic mass is 9.34. The van der Waals surface area contributed by atoms with Gasteiger partial charge in [0, 0.05) is 16.9 Å². The van der Waals surface area contributed by atoms with Crippen LogP contribution in [0, 0.1) is 44.8 Å². The van der Waals surface area contributed by atoms with Crippen molar-refractivity contribution in [2.45, 2.75) is 105 Å². The van der Waals surface area contributed by atoms with Crippen molar-refractivity contribution >= 4 is 11.8 Å². The van der Waals surface area contributed by atoms with Crippen LogP contribution in [-0.4, -0.2) is 24.0 Å². The Hall–Kier alpha value is -1.91. The number of ketones is 1. The number of hydrogen-bond acceptors (Lipinski definition) is 5. The van der Waals surface area contributed by atoms with Gasteiger partial charge in [-0.25, -0.2) is 0 Å². The molecule has 0 N–H and O–H groups in total. The highest BCUT2D eigenvalue weighted by molar-refractivity contribution is 5.96. The molecule has 0 aromatic carbocycles. The van der Waals surface area contributed by atoms with Crippen LogP contribution in [-0.2, 0) is 26.2 Å². The van der Waals surface area contributed by atoms with Gasteiger partial charge in [0.1, 0.15) is 5.76 Å². The summed E-state index contributed by atoms with van der Waals surface area (Å²) in [5.74, 6) is 1.46. The van der Waals surface area contributed by atoms with Crippen LogP contribution in [0.4, 0.5) is 0 Å².